The van der Waals surface area contributed by atoms with Crippen LogP contribution in [0.2, 0.25) is 0 Å². The summed E-state index contributed by atoms with van der Waals surface area (Å²) in [6.07, 6.45) is 0. The van der Waals surface area contributed by atoms with E-state index in [1.54, 1.807) is 45.0 Å². The largest absolute Gasteiger partial charge is 0.355 e. The van der Waals surface area contributed by atoms with E-state index in [1.165, 1.54) is 6.92 Å². The van der Waals surface area contributed by atoms with Crippen molar-refractivity contribution in [2.75, 3.05) is 6.54 Å². The monoisotopic (exact) mass is 367 g/mol. The van der Waals surface area contributed by atoms with Gasteiger partial charge >= 0.3 is 6.03 Å². The molecule has 27 heavy (non-hydrogen) atoms. The Balaban J connectivity index is 1.87. The maximum Gasteiger partial charge on any atom is 0.325 e. The van der Waals surface area contributed by atoms with Gasteiger partial charge in [-0.05, 0) is 38.8 Å². The van der Waals surface area contributed by atoms with Crippen LogP contribution in [0.15, 0.2) is 30.3 Å². The predicted molar refractivity (Wildman–Crippen MR) is 98.6 cm³/mol. The molecule has 0 radical (unpaired) electrons. The first-order valence-electron chi connectivity index (χ1n) is 8.59. The first-order valence-corrected chi connectivity index (χ1v) is 8.59. The van der Waals surface area contributed by atoms with E-state index in [0.717, 1.165) is 4.90 Å². The van der Waals surface area contributed by atoms with Gasteiger partial charge in [0.15, 0.2) is 11.6 Å². The van der Waals surface area contributed by atoms with Crippen molar-refractivity contribution in [1.82, 2.24) is 15.2 Å². The number of amides is 3. The van der Waals surface area contributed by atoms with Gasteiger partial charge in [0.1, 0.15) is 5.54 Å². The third-order valence-electron chi connectivity index (χ3n) is 5.00. The second kappa shape index (κ2) is 6.50. The number of H-pyrrole nitrogens is 1. The Morgan fingerprint density at radius 3 is 2.30 bits per heavy atom. The molecule has 0 bridgehead atoms. The Labute approximate surface area is 156 Å². The smallest absolute Gasteiger partial charge is 0.325 e. The molecule has 1 fully saturated rings. The summed E-state index contributed by atoms with van der Waals surface area (Å²) < 4.78 is 0. The van der Waals surface area contributed by atoms with Gasteiger partial charge in [-0.2, -0.15) is 0 Å². The lowest BCUT2D eigenvalue weighted by molar-refractivity contribution is -0.130. The number of benzene rings is 1. The highest BCUT2D eigenvalue weighted by atomic mass is 16.2. The van der Waals surface area contributed by atoms with Crippen LogP contribution in [0.3, 0.4) is 0 Å². The number of nitrogens with one attached hydrogen (secondary N) is 2. The molecule has 7 nitrogen and oxygen atoms in total. The normalized spacial score (nSPS) is 19.3. The molecule has 2 N–H and O–H groups in total. The van der Waals surface area contributed by atoms with Crippen molar-refractivity contribution in [1.29, 1.82) is 0 Å². The molecule has 2 heterocycles. The number of hydrogen-bond donors (Lipinski definition) is 2. The minimum atomic E-state index is -1.22. The molecule has 0 aliphatic carbocycles. The van der Waals surface area contributed by atoms with Gasteiger partial charge in [-0.3, -0.25) is 19.3 Å². The molecule has 140 valence electrons. The third-order valence-corrected chi connectivity index (χ3v) is 5.00. The number of Topliss-reactive ketones (excluding diaryl/α,β-unsaturated/α-hetero) is 2. The van der Waals surface area contributed by atoms with Crippen LogP contribution in [-0.2, 0) is 10.3 Å². The van der Waals surface area contributed by atoms with Crippen molar-refractivity contribution in [3.8, 4) is 0 Å². The number of hydrogen-bond acceptors (Lipinski definition) is 4. The van der Waals surface area contributed by atoms with E-state index >= 15 is 0 Å². The SMILES string of the molecule is CC(=O)c1c(C)[nH]c(C(=O)CN2C(=O)N[C@](C)(c3ccccc3)C2=O)c1C. The predicted octanol–water partition coefficient (Wildman–Crippen LogP) is 2.48. The lowest BCUT2D eigenvalue weighted by Gasteiger charge is -2.22. The summed E-state index contributed by atoms with van der Waals surface area (Å²) in [6.45, 7) is 6.03. The van der Waals surface area contributed by atoms with Crippen LogP contribution in [0.25, 0.3) is 0 Å². The zero-order chi connectivity index (χ0) is 19.9. The number of imide groups is 1. The minimum Gasteiger partial charge on any atom is -0.355 e. The Hall–Kier alpha value is -3.22. The van der Waals surface area contributed by atoms with Crippen LogP contribution >= 0.6 is 0 Å². The highest BCUT2D eigenvalue weighted by molar-refractivity contribution is 6.12. The molecule has 1 aromatic carbocycles. The molecule has 0 saturated carbocycles. The topological polar surface area (TPSA) is 99.3 Å². The number of nitrogens with zero attached hydrogens (tertiary/aromatic N) is 1. The first kappa shape index (κ1) is 18.6. The molecule has 1 atom stereocenters. The molecule has 7 heteroatoms. The van der Waals surface area contributed by atoms with Crippen LogP contribution in [-0.4, -0.2) is 39.9 Å². The molecule has 3 amide bonds. The van der Waals surface area contributed by atoms with E-state index in [4.69, 9.17) is 0 Å². The minimum absolute atomic E-state index is 0.146. The third kappa shape index (κ3) is 2.95. The summed E-state index contributed by atoms with van der Waals surface area (Å²) in [5.41, 5.74) is 1.25. The quantitative estimate of drug-likeness (QED) is 0.626. The Bertz CT molecular complexity index is 961. The summed E-state index contributed by atoms with van der Waals surface area (Å²) in [5, 5.41) is 2.67. The highest BCUT2D eigenvalue weighted by Crippen LogP contribution is 2.29. The standard InChI is InChI=1S/C20H21N3O4/c1-11-16(13(3)24)12(2)21-17(11)15(25)10-23-18(26)20(4,22-19(23)27)14-8-6-5-7-9-14/h5-9,21H,10H2,1-4H3,(H,22,27)/t20-/m1/s1. The van der Waals surface area contributed by atoms with Gasteiger partial charge in [-0.15, -0.1) is 0 Å². The Morgan fingerprint density at radius 1 is 1.11 bits per heavy atom. The van der Waals surface area contributed by atoms with Gasteiger partial charge in [0.25, 0.3) is 5.91 Å². The van der Waals surface area contributed by atoms with Crippen LogP contribution in [0.1, 0.15) is 51.5 Å². The van der Waals surface area contributed by atoms with E-state index in [2.05, 4.69) is 10.3 Å². The van der Waals surface area contributed by atoms with Crippen molar-refractivity contribution in [2.45, 2.75) is 33.2 Å². The van der Waals surface area contributed by atoms with Gasteiger partial charge in [0.2, 0.25) is 0 Å². The lowest BCUT2D eigenvalue weighted by atomic mass is 9.92. The zero-order valence-electron chi connectivity index (χ0n) is 15.7. The summed E-state index contributed by atoms with van der Waals surface area (Å²) in [7, 11) is 0. The number of aryl methyl sites for hydroxylation is 1. The number of carbonyl (C=O) groups is 4. The maximum atomic E-state index is 12.9. The molecular weight excluding hydrogens is 346 g/mol. The second-order valence-corrected chi connectivity index (χ2v) is 6.92. The average molecular weight is 367 g/mol. The molecule has 3 rings (SSSR count). The molecule has 1 aromatic heterocycles. The number of carbonyl (C=O) groups excluding carboxylic acids is 4. The molecule has 1 aliphatic heterocycles. The van der Waals surface area contributed by atoms with Crippen LogP contribution in [0.5, 0.6) is 0 Å². The molecular formula is C20H21N3O4. The van der Waals surface area contributed by atoms with Crippen LogP contribution < -0.4 is 5.32 Å². The molecule has 1 aliphatic rings. The van der Waals surface area contributed by atoms with E-state index in [-0.39, 0.29) is 11.5 Å². The molecule has 1 saturated heterocycles. The Kier molecular flexibility index (Phi) is 4.47. The second-order valence-electron chi connectivity index (χ2n) is 6.92. The van der Waals surface area contributed by atoms with Gasteiger partial charge < -0.3 is 10.3 Å². The van der Waals surface area contributed by atoms with Crippen LogP contribution in [0.4, 0.5) is 4.79 Å². The fourth-order valence-electron chi connectivity index (χ4n) is 3.59. The fraction of sp³-hybridized carbons (Fsp3) is 0.300. The molecule has 0 spiro atoms. The number of rotatable bonds is 5. The average Bonchev–Trinajstić information content (AvgIpc) is 3.04. The zero-order valence-corrected chi connectivity index (χ0v) is 15.7. The molecule has 2 aromatic rings. The van der Waals surface area contributed by atoms with E-state index in [9.17, 15) is 19.2 Å². The molecule has 0 unspecified atom stereocenters. The number of aromatic amines is 1. The van der Waals surface area contributed by atoms with Gasteiger partial charge in [0, 0.05) is 11.3 Å². The van der Waals surface area contributed by atoms with Crippen molar-refractivity contribution < 1.29 is 19.2 Å². The van der Waals surface area contributed by atoms with Crippen molar-refractivity contribution in [3.05, 3.63) is 58.4 Å². The summed E-state index contributed by atoms with van der Waals surface area (Å²) in [6, 6.07) is 8.26. The van der Waals surface area contributed by atoms with E-state index < -0.39 is 29.8 Å². The van der Waals surface area contributed by atoms with E-state index in [1.807, 2.05) is 6.07 Å². The summed E-state index contributed by atoms with van der Waals surface area (Å²) >= 11 is 0. The van der Waals surface area contributed by atoms with Gasteiger partial charge in [-0.1, -0.05) is 30.3 Å². The van der Waals surface area contributed by atoms with Crippen LogP contribution in [0, 0.1) is 13.8 Å². The van der Waals surface area contributed by atoms with Gasteiger partial charge in [0.05, 0.1) is 12.2 Å². The number of urea groups is 1. The Morgan fingerprint density at radius 2 is 1.74 bits per heavy atom. The number of ketones is 2. The van der Waals surface area contributed by atoms with Crippen molar-refractivity contribution in [2.24, 2.45) is 0 Å². The van der Waals surface area contributed by atoms with Crippen molar-refractivity contribution >= 4 is 23.5 Å². The maximum absolute atomic E-state index is 12.9. The highest BCUT2D eigenvalue weighted by Gasteiger charge is 2.49. The first-order chi connectivity index (χ1) is 12.7. The fourth-order valence-corrected chi connectivity index (χ4v) is 3.59. The summed E-state index contributed by atoms with van der Waals surface area (Å²) in [4.78, 5) is 53.6. The van der Waals surface area contributed by atoms with Crippen molar-refractivity contribution in [3.63, 3.8) is 0 Å². The summed E-state index contributed by atoms with van der Waals surface area (Å²) in [5.74, 6) is -1.06. The van der Waals surface area contributed by atoms with E-state index in [0.29, 0.717) is 22.4 Å². The van der Waals surface area contributed by atoms with Gasteiger partial charge in [-0.25, -0.2) is 4.79 Å². The lowest BCUT2D eigenvalue weighted by Crippen LogP contribution is -2.41. The number of aromatic nitrogens is 1.